The number of carbonyl (C=O) groups is 1. The molecule has 1 aliphatic heterocycles. The number of fused-ring (bicyclic) bond motifs is 1. The van der Waals surface area contributed by atoms with E-state index in [0.717, 1.165) is 0 Å². The highest BCUT2D eigenvalue weighted by molar-refractivity contribution is 5.98. The summed E-state index contributed by atoms with van der Waals surface area (Å²) in [5, 5.41) is 9.97. The first-order chi connectivity index (χ1) is 12.6. The number of hydrogen-bond donors (Lipinski definition) is 2. The van der Waals surface area contributed by atoms with Crippen molar-refractivity contribution in [2.45, 2.75) is 32.7 Å². The average molecular weight is 361 g/mol. The molecule has 140 valence electrons. The Morgan fingerprint density at radius 3 is 3.04 bits per heavy atom. The second-order valence-corrected chi connectivity index (χ2v) is 5.99. The van der Waals surface area contributed by atoms with Gasteiger partial charge < -0.3 is 24.5 Å². The first kappa shape index (κ1) is 18.1. The molecule has 0 spiro atoms. The molecule has 2 aromatic heterocycles. The van der Waals surface area contributed by atoms with Gasteiger partial charge in [0.15, 0.2) is 5.82 Å². The summed E-state index contributed by atoms with van der Waals surface area (Å²) >= 11 is 0. The van der Waals surface area contributed by atoms with Gasteiger partial charge in [0, 0.05) is 57.2 Å². The zero-order chi connectivity index (χ0) is 18.5. The second kappa shape index (κ2) is 8.13. The number of amides is 1. The van der Waals surface area contributed by atoms with Crippen LogP contribution in [-0.2, 0) is 25.8 Å². The quantitative estimate of drug-likeness (QED) is 0.740. The van der Waals surface area contributed by atoms with Crippen molar-refractivity contribution in [3.8, 4) is 5.75 Å². The van der Waals surface area contributed by atoms with Crippen molar-refractivity contribution in [3.05, 3.63) is 39.4 Å². The van der Waals surface area contributed by atoms with Gasteiger partial charge in [-0.2, -0.15) is 4.98 Å². The summed E-state index contributed by atoms with van der Waals surface area (Å²) in [6.45, 7) is 4.22. The van der Waals surface area contributed by atoms with Gasteiger partial charge >= 0.3 is 0 Å². The van der Waals surface area contributed by atoms with E-state index in [4.69, 9.17) is 9.26 Å². The molecule has 26 heavy (non-hydrogen) atoms. The fourth-order valence-corrected chi connectivity index (χ4v) is 3.02. The number of ether oxygens (including phenoxy) is 1. The first-order valence-electron chi connectivity index (χ1n) is 8.75. The maximum Gasteiger partial charge on any atom is 0.256 e. The number of aromatic nitrogens is 3. The number of hydrogen-bond acceptors (Lipinski definition) is 7. The summed E-state index contributed by atoms with van der Waals surface area (Å²) in [5.41, 5.74) is 0.957. The molecule has 2 N–H and O–H groups in total. The summed E-state index contributed by atoms with van der Waals surface area (Å²) in [7, 11) is 1.46. The third-order valence-corrected chi connectivity index (χ3v) is 4.33. The first-order valence-corrected chi connectivity index (χ1v) is 8.75. The Balaban J connectivity index is 1.78. The van der Waals surface area contributed by atoms with Crippen LogP contribution in [0.1, 0.15) is 34.7 Å². The smallest absolute Gasteiger partial charge is 0.256 e. The summed E-state index contributed by atoms with van der Waals surface area (Å²) in [6, 6.07) is 1.37. The van der Waals surface area contributed by atoms with E-state index in [1.165, 1.54) is 13.2 Å². The van der Waals surface area contributed by atoms with Crippen molar-refractivity contribution in [1.82, 2.24) is 25.3 Å². The number of nitrogens with one attached hydrogen (secondary N) is 2. The van der Waals surface area contributed by atoms with Gasteiger partial charge in [-0.25, -0.2) is 0 Å². The molecule has 9 nitrogen and oxygen atoms in total. The van der Waals surface area contributed by atoms with E-state index in [0.29, 0.717) is 74.2 Å². The molecule has 3 heterocycles. The zero-order valence-electron chi connectivity index (χ0n) is 15.0. The van der Waals surface area contributed by atoms with Crippen molar-refractivity contribution in [2.75, 3.05) is 26.7 Å². The van der Waals surface area contributed by atoms with Gasteiger partial charge in [0.25, 0.3) is 11.5 Å². The number of carbonyl (C=O) groups excluding carboxylic acids is 1. The van der Waals surface area contributed by atoms with Crippen LogP contribution in [0, 0.1) is 0 Å². The molecular weight excluding hydrogens is 338 g/mol. The third-order valence-electron chi connectivity index (χ3n) is 4.33. The normalized spacial score (nSPS) is 13.8. The lowest BCUT2D eigenvalue weighted by molar-refractivity contribution is 0.0948. The molecule has 9 heteroatoms. The predicted octanol–water partition coefficient (Wildman–Crippen LogP) is -0.0795. The van der Waals surface area contributed by atoms with E-state index in [1.807, 2.05) is 6.92 Å². The van der Waals surface area contributed by atoms with Crippen LogP contribution in [-0.4, -0.2) is 47.4 Å². The minimum absolute atomic E-state index is 0.156. The maximum absolute atomic E-state index is 12.8. The minimum atomic E-state index is -0.272. The number of methoxy groups -OCH3 is 1. The Hall–Kier alpha value is -2.68. The lowest BCUT2D eigenvalue weighted by Gasteiger charge is -2.17. The molecule has 0 aliphatic carbocycles. The zero-order valence-corrected chi connectivity index (χ0v) is 15.0. The lowest BCUT2D eigenvalue weighted by Crippen LogP contribution is -2.32. The van der Waals surface area contributed by atoms with Crippen LogP contribution in [0.25, 0.3) is 0 Å². The summed E-state index contributed by atoms with van der Waals surface area (Å²) < 4.78 is 12.0. The van der Waals surface area contributed by atoms with E-state index in [1.54, 1.807) is 4.57 Å². The summed E-state index contributed by atoms with van der Waals surface area (Å²) in [5.74, 6) is 1.16. The molecule has 0 fully saturated rings. The molecule has 1 amide bonds. The Bertz CT molecular complexity index is 842. The molecule has 0 radical (unpaired) electrons. The monoisotopic (exact) mass is 361 g/mol. The van der Waals surface area contributed by atoms with Gasteiger partial charge in [0.2, 0.25) is 5.89 Å². The van der Waals surface area contributed by atoms with Crippen LogP contribution in [0.4, 0.5) is 0 Å². The lowest BCUT2D eigenvalue weighted by atomic mass is 10.1. The van der Waals surface area contributed by atoms with Crippen LogP contribution in [0.5, 0.6) is 5.75 Å². The highest BCUT2D eigenvalue weighted by Crippen LogP contribution is 2.21. The standard InChI is InChI=1S/C17H23N5O4/c1-3-14-20-13(21-26-14)5-7-19-17(24)16-11-4-6-18-8-9-22(11)15(23)10-12(16)25-2/h10,18H,3-9H2,1-2H3,(H,19,24). The van der Waals surface area contributed by atoms with Crippen LogP contribution < -0.4 is 20.9 Å². The molecular formula is C17H23N5O4. The second-order valence-electron chi connectivity index (χ2n) is 5.99. The topological polar surface area (TPSA) is 111 Å². The van der Waals surface area contributed by atoms with E-state index in [2.05, 4.69) is 20.8 Å². The molecule has 0 saturated heterocycles. The Kier molecular flexibility index (Phi) is 5.67. The van der Waals surface area contributed by atoms with Gasteiger partial charge in [-0.3, -0.25) is 9.59 Å². The highest BCUT2D eigenvalue weighted by atomic mass is 16.5. The van der Waals surface area contributed by atoms with Crippen LogP contribution in [0.3, 0.4) is 0 Å². The molecule has 2 aromatic rings. The van der Waals surface area contributed by atoms with Crippen molar-refractivity contribution in [1.29, 1.82) is 0 Å². The van der Waals surface area contributed by atoms with Gasteiger partial charge in [-0.1, -0.05) is 12.1 Å². The van der Waals surface area contributed by atoms with E-state index < -0.39 is 0 Å². The fourth-order valence-electron chi connectivity index (χ4n) is 3.02. The highest BCUT2D eigenvalue weighted by Gasteiger charge is 2.23. The van der Waals surface area contributed by atoms with Gasteiger partial charge in [0.1, 0.15) is 11.3 Å². The Labute approximate surface area is 150 Å². The molecule has 0 aromatic carbocycles. The van der Waals surface area contributed by atoms with E-state index >= 15 is 0 Å². The van der Waals surface area contributed by atoms with Gasteiger partial charge in [-0.05, 0) is 0 Å². The van der Waals surface area contributed by atoms with Crippen molar-refractivity contribution in [3.63, 3.8) is 0 Å². The number of nitrogens with zero attached hydrogens (tertiary/aromatic N) is 3. The third kappa shape index (κ3) is 3.77. The van der Waals surface area contributed by atoms with Crippen LogP contribution in [0.2, 0.25) is 0 Å². The molecule has 0 bridgehead atoms. The Morgan fingerprint density at radius 2 is 2.31 bits per heavy atom. The van der Waals surface area contributed by atoms with Crippen molar-refractivity contribution in [2.24, 2.45) is 0 Å². The number of aryl methyl sites for hydroxylation is 1. The predicted molar refractivity (Wildman–Crippen MR) is 93.5 cm³/mol. The van der Waals surface area contributed by atoms with E-state index in [9.17, 15) is 9.59 Å². The van der Waals surface area contributed by atoms with E-state index in [-0.39, 0.29) is 11.5 Å². The molecule has 0 atom stereocenters. The van der Waals surface area contributed by atoms with Crippen LogP contribution in [0.15, 0.2) is 15.4 Å². The molecule has 0 unspecified atom stereocenters. The minimum Gasteiger partial charge on any atom is -0.496 e. The number of pyridine rings is 1. The molecule has 3 rings (SSSR count). The molecule has 0 saturated carbocycles. The van der Waals surface area contributed by atoms with Crippen molar-refractivity contribution < 1.29 is 14.1 Å². The summed E-state index contributed by atoms with van der Waals surface area (Å²) in [6.07, 6.45) is 1.73. The summed E-state index contributed by atoms with van der Waals surface area (Å²) in [4.78, 5) is 29.3. The number of rotatable bonds is 6. The largest absolute Gasteiger partial charge is 0.496 e. The molecule has 1 aliphatic rings. The van der Waals surface area contributed by atoms with Crippen LogP contribution >= 0.6 is 0 Å². The Morgan fingerprint density at radius 1 is 1.46 bits per heavy atom. The maximum atomic E-state index is 12.8. The van der Waals surface area contributed by atoms with Crippen molar-refractivity contribution >= 4 is 5.91 Å². The van der Waals surface area contributed by atoms with Gasteiger partial charge in [0.05, 0.1) is 7.11 Å². The average Bonchev–Trinajstić information content (AvgIpc) is 2.96. The SMILES string of the molecule is CCc1nc(CCNC(=O)c2c(OC)cc(=O)n3c2CCNCC3)no1. The van der Waals surface area contributed by atoms with Gasteiger partial charge in [-0.15, -0.1) is 0 Å². The fraction of sp³-hybridized carbons (Fsp3) is 0.529.